The minimum atomic E-state index is -1.14. The Hall–Kier alpha value is -1.14. The van der Waals surface area contributed by atoms with Crippen LogP contribution in [0, 0.1) is 11.8 Å². The lowest BCUT2D eigenvalue weighted by atomic mass is 10.0. The second-order valence-electron chi connectivity index (χ2n) is 4.50. The smallest absolute Gasteiger partial charge is 0.230 e. The predicted molar refractivity (Wildman–Crippen MR) is 62.8 cm³/mol. The van der Waals surface area contributed by atoms with E-state index >= 15 is 0 Å². The van der Waals surface area contributed by atoms with Gasteiger partial charge in [0.15, 0.2) is 0 Å². The lowest BCUT2D eigenvalue weighted by molar-refractivity contribution is -0.133. The highest BCUT2D eigenvalue weighted by molar-refractivity contribution is 5.98. The summed E-state index contributed by atoms with van der Waals surface area (Å²) in [5, 5.41) is 9.54. The minimum absolute atomic E-state index is 0.0732. The van der Waals surface area contributed by atoms with E-state index in [1.54, 1.807) is 0 Å². The van der Waals surface area contributed by atoms with Crippen LogP contribution in [-0.2, 0) is 14.3 Å². The van der Waals surface area contributed by atoms with Crippen molar-refractivity contribution < 1.29 is 19.4 Å². The molecule has 0 saturated carbocycles. The summed E-state index contributed by atoms with van der Waals surface area (Å²) >= 11 is 0. The summed E-state index contributed by atoms with van der Waals surface area (Å²) in [5.74, 6) is -2.26. The van der Waals surface area contributed by atoms with Crippen LogP contribution in [0.5, 0.6) is 0 Å². The van der Waals surface area contributed by atoms with E-state index in [9.17, 15) is 14.7 Å². The standard InChI is InChI=1S/C11H22N2O4/c1-7(2)3-4-17-6-8(14)5-9(10(12)15)11(13)16/h7-9,14H,3-6H2,1-2H3,(H2,12,15)(H2,13,16)/t8-/m1/s1. The van der Waals surface area contributed by atoms with Gasteiger partial charge in [0.1, 0.15) is 5.92 Å². The van der Waals surface area contributed by atoms with Crippen molar-refractivity contribution in [1.29, 1.82) is 0 Å². The second-order valence-corrected chi connectivity index (χ2v) is 4.50. The summed E-state index contributed by atoms with van der Waals surface area (Å²) < 4.78 is 5.21. The molecule has 0 fully saturated rings. The van der Waals surface area contributed by atoms with Crippen LogP contribution >= 0.6 is 0 Å². The number of ether oxygens (including phenoxy) is 1. The molecule has 0 saturated heterocycles. The highest BCUT2D eigenvalue weighted by Gasteiger charge is 2.25. The molecule has 6 heteroatoms. The molecule has 0 heterocycles. The van der Waals surface area contributed by atoms with E-state index in [-0.39, 0.29) is 13.0 Å². The molecule has 0 aliphatic rings. The maximum Gasteiger partial charge on any atom is 0.230 e. The second kappa shape index (κ2) is 8.03. The first-order chi connectivity index (χ1) is 7.84. The number of rotatable bonds is 9. The Balaban J connectivity index is 3.87. The van der Waals surface area contributed by atoms with E-state index in [1.165, 1.54) is 0 Å². The number of aliphatic hydroxyl groups excluding tert-OH is 1. The van der Waals surface area contributed by atoms with Crippen molar-refractivity contribution >= 4 is 11.8 Å². The van der Waals surface area contributed by atoms with E-state index in [0.717, 1.165) is 6.42 Å². The Kier molecular flexibility index (Phi) is 7.49. The van der Waals surface area contributed by atoms with E-state index in [1.807, 2.05) is 0 Å². The van der Waals surface area contributed by atoms with Crippen LogP contribution in [0.15, 0.2) is 0 Å². The average molecular weight is 246 g/mol. The van der Waals surface area contributed by atoms with Gasteiger partial charge in [-0.05, 0) is 18.8 Å². The van der Waals surface area contributed by atoms with Crippen molar-refractivity contribution in [1.82, 2.24) is 0 Å². The quantitative estimate of drug-likeness (QED) is 0.371. The zero-order valence-electron chi connectivity index (χ0n) is 10.4. The van der Waals surface area contributed by atoms with Crippen molar-refractivity contribution in [3.8, 4) is 0 Å². The number of carbonyl (C=O) groups excluding carboxylic acids is 2. The maximum atomic E-state index is 10.9. The Morgan fingerprint density at radius 1 is 1.24 bits per heavy atom. The number of aliphatic hydroxyl groups is 1. The Morgan fingerprint density at radius 2 is 1.76 bits per heavy atom. The maximum absolute atomic E-state index is 10.9. The fraction of sp³-hybridized carbons (Fsp3) is 0.818. The predicted octanol–water partition coefficient (Wildman–Crippen LogP) is -0.613. The van der Waals surface area contributed by atoms with Gasteiger partial charge >= 0.3 is 0 Å². The van der Waals surface area contributed by atoms with Gasteiger partial charge in [-0.1, -0.05) is 13.8 Å². The summed E-state index contributed by atoms with van der Waals surface area (Å²) in [6.45, 7) is 4.74. The summed E-state index contributed by atoms with van der Waals surface area (Å²) in [6.07, 6.45) is -0.110. The summed E-state index contributed by atoms with van der Waals surface area (Å²) in [7, 11) is 0. The fourth-order valence-electron chi connectivity index (χ4n) is 1.25. The topological polar surface area (TPSA) is 116 Å². The zero-order chi connectivity index (χ0) is 13.4. The largest absolute Gasteiger partial charge is 0.391 e. The van der Waals surface area contributed by atoms with Gasteiger partial charge in [0.05, 0.1) is 12.7 Å². The third-order valence-electron chi connectivity index (χ3n) is 2.34. The van der Waals surface area contributed by atoms with E-state index in [4.69, 9.17) is 16.2 Å². The molecule has 100 valence electrons. The van der Waals surface area contributed by atoms with Crippen molar-refractivity contribution in [3.63, 3.8) is 0 Å². The first-order valence-electron chi connectivity index (χ1n) is 5.69. The number of primary amides is 2. The number of nitrogens with two attached hydrogens (primary N) is 2. The third-order valence-corrected chi connectivity index (χ3v) is 2.34. The summed E-state index contributed by atoms with van der Waals surface area (Å²) in [5.41, 5.74) is 9.98. The monoisotopic (exact) mass is 246 g/mol. The van der Waals surface area contributed by atoms with Gasteiger partial charge in [-0.25, -0.2) is 0 Å². The minimum Gasteiger partial charge on any atom is -0.391 e. The van der Waals surface area contributed by atoms with Crippen molar-refractivity contribution in [2.45, 2.75) is 32.8 Å². The lowest BCUT2D eigenvalue weighted by Crippen LogP contribution is -2.38. The Labute approximate surface area is 101 Å². The molecule has 0 aromatic carbocycles. The summed E-state index contributed by atoms with van der Waals surface area (Å²) in [4.78, 5) is 21.7. The van der Waals surface area contributed by atoms with Crippen molar-refractivity contribution in [3.05, 3.63) is 0 Å². The molecule has 0 radical (unpaired) electrons. The molecule has 17 heavy (non-hydrogen) atoms. The molecule has 0 unspecified atom stereocenters. The average Bonchev–Trinajstić information content (AvgIpc) is 2.19. The number of carbonyl (C=O) groups is 2. The normalized spacial score (nSPS) is 13.0. The first-order valence-corrected chi connectivity index (χ1v) is 5.69. The van der Waals surface area contributed by atoms with Gasteiger partial charge in [0, 0.05) is 6.61 Å². The molecule has 0 aliphatic heterocycles. The van der Waals surface area contributed by atoms with Crippen LogP contribution in [0.4, 0.5) is 0 Å². The number of hydrogen-bond donors (Lipinski definition) is 3. The van der Waals surface area contributed by atoms with Gasteiger partial charge in [-0.15, -0.1) is 0 Å². The zero-order valence-corrected chi connectivity index (χ0v) is 10.4. The lowest BCUT2D eigenvalue weighted by Gasteiger charge is -2.15. The molecule has 5 N–H and O–H groups in total. The van der Waals surface area contributed by atoms with Gasteiger partial charge < -0.3 is 21.3 Å². The Morgan fingerprint density at radius 3 is 2.18 bits per heavy atom. The molecular weight excluding hydrogens is 224 g/mol. The van der Waals surface area contributed by atoms with E-state index in [2.05, 4.69) is 13.8 Å². The highest BCUT2D eigenvalue weighted by atomic mass is 16.5. The van der Waals surface area contributed by atoms with Crippen LogP contribution in [0.25, 0.3) is 0 Å². The van der Waals surface area contributed by atoms with E-state index < -0.39 is 23.8 Å². The molecule has 2 amide bonds. The Bertz CT molecular complexity index is 242. The highest BCUT2D eigenvalue weighted by Crippen LogP contribution is 2.07. The summed E-state index contributed by atoms with van der Waals surface area (Å²) in [6, 6.07) is 0. The first kappa shape index (κ1) is 15.9. The SMILES string of the molecule is CC(C)CCOC[C@H](O)CC(C(N)=O)C(N)=O. The van der Waals surface area contributed by atoms with Gasteiger partial charge in [0.2, 0.25) is 11.8 Å². The molecule has 0 bridgehead atoms. The third kappa shape index (κ3) is 7.70. The molecule has 0 rings (SSSR count). The number of amides is 2. The molecule has 0 aromatic rings. The molecular formula is C11H22N2O4. The van der Waals surface area contributed by atoms with Crippen LogP contribution in [0.2, 0.25) is 0 Å². The molecule has 1 atom stereocenters. The fourth-order valence-corrected chi connectivity index (χ4v) is 1.25. The molecule has 0 aliphatic carbocycles. The van der Waals surface area contributed by atoms with Gasteiger partial charge in [-0.2, -0.15) is 0 Å². The molecule has 0 spiro atoms. The molecule has 0 aromatic heterocycles. The van der Waals surface area contributed by atoms with Gasteiger partial charge in [0.25, 0.3) is 0 Å². The van der Waals surface area contributed by atoms with Crippen LogP contribution in [0.1, 0.15) is 26.7 Å². The van der Waals surface area contributed by atoms with Gasteiger partial charge in [-0.3, -0.25) is 9.59 Å². The van der Waals surface area contributed by atoms with E-state index in [0.29, 0.717) is 12.5 Å². The van der Waals surface area contributed by atoms with Crippen LogP contribution in [-0.4, -0.2) is 36.2 Å². The van der Waals surface area contributed by atoms with Crippen molar-refractivity contribution in [2.24, 2.45) is 23.3 Å². The van der Waals surface area contributed by atoms with Crippen LogP contribution in [0.3, 0.4) is 0 Å². The van der Waals surface area contributed by atoms with Crippen molar-refractivity contribution in [2.75, 3.05) is 13.2 Å². The number of hydrogen-bond acceptors (Lipinski definition) is 4. The van der Waals surface area contributed by atoms with Crippen LogP contribution < -0.4 is 11.5 Å². The molecule has 6 nitrogen and oxygen atoms in total.